The molecule has 33 heavy (non-hydrogen) atoms. The van der Waals surface area contributed by atoms with Gasteiger partial charge in [0.05, 0.1) is 31.3 Å². The predicted octanol–water partition coefficient (Wildman–Crippen LogP) is 6.70. The topological polar surface area (TPSA) is 75.1 Å². The van der Waals surface area contributed by atoms with Gasteiger partial charge in [-0.15, -0.1) is 0 Å². The molecule has 1 atom stereocenters. The van der Waals surface area contributed by atoms with E-state index < -0.39 is 12.0 Å². The number of fused-ring (bicyclic) bond motifs is 1. The van der Waals surface area contributed by atoms with E-state index in [1.54, 1.807) is 18.2 Å². The van der Waals surface area contributed by atoms with Crippen LogP contribution in [0.25, 0.3) is 22.2 Å². The highest BCUT2D eigenvalue weighted by Gasteiger charge is 2.19. The summed E-state index contributed by atoms with van der Waals surface area (Å²) in [4.78, 5) is 20.4. The van der Waals surface area contributed by atoms with Crippen LogP contribution in [0.4, 0.5) is 0 Å². The molecule has 0 saturated carbocycles. The van der Waals surface area contributed by atoms with Crippen molar-refractivity contribution in [1.29, 1.82) is 0 Å². The fourth-order valence-electron chi connectivity index (χ4n) is 3.50. The largest absolute Gasteiger partial charge is 0.480 e. The first-order chi connectivity index (χ1) is 15.8. The van der Waals surface area contributed by atoms with Gasteiger partial charge >= 0.3 is 5.97 Å². The summed E-state index contributed by atoms with van der Waals surface area (Å²) in [7, 11) is 0. The van der Waals surface area contributed by atoms with E-state index in [1.807, 2.05) is 30.3 Å². The molecule has 9 heteroatoms. The van der Waals surface area contributed by atoms with Gasteiger partial charge < -0.3 is 5.11 Å². The van der Waals surface area contributed by atoms with Crippen LogP contribution in [0.15, 0.2) is 60.9 Å². The van der Waals surface area contributed by atoms with Crippen LogP contribution in [-0.4, -0.2) is 27.1 Å². The Kier molecular flexibility index (Phi) is 7.37. The fourth-order valence-corrected chi connectivity index (χ4v) is 4.59. The molecule has 0 radical (unpaired) electrons. The van der Waals surface area contributed by atoms with Crippen LogP contribution < -0.4 is 5.32 Å². The maximum Gasteiger partial charge on any atom is 0.321 e. The summed E-state index contributed by atoms with van der Waals surface area (Å²) in [6.45, 7) is 0.203. The second-order valence-corrected chi connectivity index (χ2v) is 9.01. The lowest BCUT2D eigenvalue weighted by Gasteiger charge is -2.16. The van der Waals surface area contributed by atoms with Gasteiger partial charge in [-0.1, -0.05) is 64.6 Å². The molecule has 2 N–H and O–H groups in total. The molecular formula is C24H17Cl4N3O2. The molecule has 0 saturated heterocycles. The molecule has 0 spiro atoms. The number of benzene rings is 2. The van der Waals surface area contributed by atoms with E-state index in [0.29, 0.717) is 36.9 Å². The van der Waals surface area contributed by atoms with Crippen molar-refractivity contribution in [3.63, 3.8) is 0 Å². The van der Waals surface area contributed by atoms with Crippen LogP contribution in [0.3, 0.4) is 0 Å². The van der Waals surface area contributed by atoms with Crippen molar-refractivity contribution in [2.75, 3.05) is 0 Å². The zero-order valence-corrected chi connectivity index (χ0v) is 20.1. The summed E-state index contributed by atoms with van der Waals surface area (Å²) in [6.07, 6.45) is 3.21. The molecule has 2 aromatic heterocycles. The Morgan fingerprint density at radius 3 is 2.30 bits per heavy atom. The molecule has 0 unspecified atom stereocenters. The van der Waals surface area contributed by atoms with Gasteiger partial charge in [0, 0.05) is 35.5 Å². The molecule has 0 aliphatic heterocycles. The minimum Gasteiger partial charge on any atom is -0.480 e. The van der Waals surface area contributed by atoms with E-state index >= 15 is 0 Å². The summed E-state index contributed by atoms with van der Waals surface area (Å²) in [5.74, 6) is -0.974. The third-order valence-corrected chi connectivity index (χ3v) is 6.47. The number of carboxylic acids is 1. The average molecular weight is 521 g/mol. The first-order valence-electron chi connectivity index (χ1n) is 9.91. The Morgan fingerprint density at radius 2 is 1.64 bits per heavy atom. The zero-order valence-electron chi connectivity index (χ0n) is 17.0. The van der Waals surface area contributed by atoms with Gasteiger partial charge in [0.25, 0.3) is 0 Å². The van der Waals surface area contributed by atoms with Crippen LogP contribution in [0, 0.1) is 0 Å². The summed E-state index contributed by atoms with van der Waals surface area (Å²) < 4.78 is 0. The second-order valence-electron chi connectivity index (χ2n) is 7.38. The summed E-state index contributed by atoms with van der Waals surface area (Å²) in [5, 5.41) is 15.4. The lowest BCUT2D eigenvalue weighted by atomic mass is 10.0. The van der Waals surface area contributed by atoms with Gasteiger partial charge in [-0.05, 0) is 42.3 Å². The first-order valence-corrected chi connectivity index (χ1v) is 11.4. The highest BCUT2D eigenvalue weighted by atomic mass is 35.5. The maximum absolute atomic E-state index is 11.8. The molecule has 2 aromatic carbocycles. The van der Waals surface area contributed by atoms with Crippen LogP contribution >= 0.6 is 46.4 Å². The second kappa shape index (κ2) is 10.2. The Hall–Kier alpha value is -2.41. The quantitative estimate of drug-likeness (QED) is 0.283. The molecule has 4 aromatic rings. The van der Waals surface area contributed by atoms with E-state index in [-0.39, 0.29) is 13.0 Å². The predicted molar refractivity (Wildman–Crippen MR) is 133 cm³/mol. The smallest absolute Gasteiger partial charge is 0.321 e. The minimum absolute atomic E-state index is 0.203. The van der Waals surface area contributed by atoms with Crippen molar-refractivity contribution in [2.24, 2.45) is 0 Å². The number of aromatic nitrogens is 2. The fraction of sp³-hybridized carbons (Fsp3) is 0.125. The molecule has 0 aliphatic rings. The van der Waals surface area contributed by atoms with Crippen molar-refractivity contribution in [3.8, 4) is 11.3 Å². The molecule has 4 rings (SSSR count). The number of hydrogen-bond acceptors (Lipinski definition) is 4. The van der Waals surface area contributed by atoms with Crippen molar-refractivity contribution in [2.45, 2.75) is 19.0 Å². The minimum atomic E-state index is -0.974. The lowest BCUT2D eigenvalue weighted by Crippen LogP contribution is -2.38. The monoisotopic (exact) mass is 519 g/mol. The van der Waals surface area contributed by atoms with Gasteiger partial charge in [-0.2, -0.15) is 0 Å². The van der Waals surface area contributed by atoms with Crippen LogP contribution in [0.2, 0.25) is 20.1 Å². The van der Waals surface area contributed by atoms with Gasteiger partial charge in [-0.3, -0.25) is 15.1 Å². The Morgan fingerprint density at radius 1 is 0.939 bits per heavy atom. The van der Waals surface area contributed by atoms with Gasteiger partial charge in [0.2, 0.25) is 0 Å². The summed E-state index contributed by atoms with van der Waals surface area (Å²) in [5.41, 5.74) is 3.55. The van der Waals surface area contributed by atoms with E-state index in [0.717, 1.165) is 16.5 Å². The van der Waals surface area contributed by atoms with Crippen molar-refractivity contribution >= 4 is 63.3 Å². The lowest BCUT2D eigenvalue weighted by molar-refractivity contribution is -0.139. The first kappa shape index (κ1) is 23.7. The third kappa shape index (κ3) is 5.40. The molecule has 0 amide bonds. The number of carboxylic acid groups (broad SMARTS) is 1. The number of hydrogen-bond donors (Lipinski definition) is 2. The van der Waals surface area contributed by atoms with E-state index in [2.05, 4.69) is 15.3 Å². The molecular weight excluding hydrogens is 504 g/mol. The normalized spacial score (nSPS) is 12.1. The van der Waals surface area contributed by atoms with Crippen LogP contribution in [0.5, 0.6) is 0 Å². The molecule has 5 nitrogen and oxygen atoms in total. The van der Waals surface area contributed by atoms with Crippen molar-refractivity contribution in [3.05, 3.63) is 92.1 Å². The number of nitrogens with one attached hydrogen (secondary N) is 1. The maximum atomic E-state index is 11.8. The number of halogens is 4. The number of nitrogens with zero attached hydrogens (tertiary/aromatic N) is 2. The number of carbonyl (C=O) groups is 1. The molecule has 0 fully saturated rings. The average Bonchev–Trinajstić information content (AvgIpc) is 2.77. The standard InChI is InChI=1S/C24H17Cl4N3O2/c25-16-2-1-3-17(26)23(16)21-7-5-14-8-13(4-6-20(14)31-21)9-22(24(32)33)30-10-15-18(27)11-29-12-19(15)28/h1-8,11-12,22,30H,9-10H2,(H,32,33)/t22-/m0/s1. The van der Waals surface area contributed by atoms with Gasteiger partial charge in [0.15, 0.2) is 0 Å². The van der Waals surface area contributed by atoms with E-state index in [4.69, 9.17) is 46.4 Å². The van der Waals surface area contributed by atoms with Gasteiger partial charge in [0.1, 0.15) is 6.04 Å². The number of rotatable bonds is 7. The number of aliphatic carboxylic acids is 1. The highest BCUT2D eigenvalue weighted by Crippen LogP contribution is 2.34. The highest BCUT2D eigenvalue weighted by molar-refractivity contribution is 6.39. The van der Waals surface area contributed by atoms with Crippen LogP contribution in [0.1, 0.15) is 11.1 Å². The van der Waals surface area contributed by atoms with Crippen LogP contribution in [-0.2, 0) is 17.8 Å². The van der Waals surface area contributed by atoms with Crippen molar-refractivity contribution < 1.29 is 9.90 Å². The van der Waals surface area contributed by atoms with Crippen molar-refractivity contribution in [1.82, 2.24) is 15.3 Å². The molecule has 0 aliphatic carbocycles. The summed E-state index contributed by atoms with van der Waals surface area (Å²) in [6, 6.07) is 13.9. The van der Waals surface area contributed by atoms with E-state index in [9.17, 15) is 9.90 Å². The third-order valence-electron chi connectivity index (χ3n) is 5.19. The number of pyridine rings is 2. The van der Waals surface area contributed by atoms with Gasteiger partial charge in [-0.25, -0.2) is 4.98 Å². The molecule has 0 bridgehead atoms. The molecule has 2 heterocycles. The van der Waals surface area contributed by atoms with E-state index in [1.165, 1.54) is 12.4 Å². The Labute approximate surface area is 210 Å². The molecule has 168 valence electrons. The summed E-state index contributed by atoms with van der Waals surface area (Å²) >= 11 is 24.9. The SMILES string of the molecule is O=C(O)[C@H](Cc1ccc2nc(-c3c(Cl)cccc3Cl)ccc2c1)NCc1c(Cl)cncc1Cl. The zero-order chi connectivity index (χ0) is 23.5. The Balaban J connectivity index is 1.55. The Bertz CT molecular complexity index is 1310.